The maximum Gasteiger partial charge on any atom is 0.338 e. The molecule has 25 heavy (non-hydrogen) atoms. The highest BCUT2D eigenvalue weighted by atomic mass is 35.5. The summed E-state index contributed by atoms with van der Waals surface area (Å²) in [4.78, 5) is 39.3. The Hall–Kier alpha value is -2.11. The van der Waals surface area contributed by atoms with Gasteiger partial charge in [-0.1, -0.05) is 23.2 Å². The van der Waals surface area contributed by atoms with Crippen molar-refractivity contribution in [3.8, 4) is 0 Å². The second kappa shape index (κ2) is 7.42. The normalized spacial score (nSPS) is 11.9. The summed E-state index contributed by atoms with van der Waals surface area (Å²) in [5.41, 5.74) is 2.09. The predicted molar refractivity (Wildman–Crippen MR) is 95.9 cm³/mol. The molecule has 0 aliphatic rings. The number of hydrogen-bond acceptors (Lipinski definition) is 4. The van der Waals surface area contributed by atoms with E-state index in [9.17, 15) is 14.4 Å². The summed E-state index contributed by atoms with van der Waals surface area (Å²) < 4.78 is 5.22. The van der Waals surface area contributed by atoms with Crippen LogP contribution in [0.2, 0.25) is 10.0 Å². The van der Waals surface area contributed by atoms with Crippen molar-refractivity contribution in [3.05, 3.63) is 56.3 Å². The number of H-pyrrole nitrogens is 1. The lowest BCUT2D eigenvalue weighted by molar-refractivity contribution is 0.0317. The van der Waals surface area contributed by atoms with E-state index in [1.807, 2.05) is 0 Å². The zero-order valence-corrected chi connectivity index (χ0v) is 15.7. The lowest BCUT2D eigenvalue weighted by atomic mass is 10.0. The second-order valence-electron chi connectivity index (χ2n) is 5.72. The molecular weight excluding hydrogens is 365 g/mol. The van der Waals surface area contributed by atoms with E-state index in [4.69, 9.17) is 27.9 Å². The first-order valence-electron chi connectivity index (χ1n) is 7.53. The molecule has 2 aromatic rings. The Labute approximate surface area is 155 Å². The number of halogens is 2. The van der Waals surface area contributed by atoms with Gasteiger partial charge in [0.1, 0.15) is 0 Å². The highest BCUT2D eigenvalue weighted by Crippen LogP contribution is 2.24. The van der Waals surface area contributed by atoms with Gasteiger partial charge < -0.3 is 9.72 Å². The van der Waals surface area contributed by atoms with Gasteiger partial charge in [-0.25, -0.2) is 4.79 Å². The van der Waals surface area contributed by atoms with Crippen LogP contribution in [0.4, 0.5) is 0 Å². The first-order valence-corrected chi connectivity index (χ1v) is 8.29. The van der Waals surface area contributed by atoms with E-state index < -0.39 is 17.9 Å². The number of nitrogens with one attached hydrogen (secondary N) is 1. The number of carbonyl (C=O) groups excluding carboxylic acids is 3. The molecule has 5 nitrogen and oxygen atoms in total. The van der Waals surface area contributed by atoms with Gasteiger partial charge in [0, 0.05) is 11.3 Å². The largest absolute Gasteiger partial charge is 0.451 e. The van der Waals surface area contributed by atoms with Gasteiger partial charge in [-0.05, 0) is 51.5 Å². The van der Waals surface area contributed by atoms with Gasteiger partial charge in [0.25, 0.3) is 0 Å². The Bertz CT molecular complexity index is 870. The molecule has 1 aromatic carbocycles. The highest BCUT2D eigenvalue weighted by Gasteiger charge is 2.26. The average Bonchev–Trinajstić information content (AvgIpc) is 2.83. The average molecular weight is 382 g/mol. The molecule has 0 radical (unpaired) electrons. The smallest absolute Gasteiger partial charge is 0.338 e. The van der Waals surface area contributed by atoms with E-state index in [0.29, 0.717) is 21.8 Å². The Kier molecular flexibility index (Phi) is 5.70. The molecule has 1 atom stereocenters. The minimum Gasteiger partial charge on any atom is -0.451 e. The molecule has 1 aromatic heterocycles. The van der Waals surface area contributed by atoms with E-state index >= 15 is 0 Å². The Morgan fingerprint density at radius 1 is 1.12 bits per heavy atom. The van der Waals surface area contributed by atoms with Crippen LogP contribution in [0.15, 0.2) is 18.2 Å². The number of hydrogen-bond donors (Lipinski definition) is 1. The molecule has 1 heterocycles. The zero-order valence-electron chi connectivity index (χ0n) is 14.2. The zero-order chi connectivity index (χ0) is 18.9. The molecule has 0 saturated carbocycles. The number of esters is 1. The lowest BCUT2D eigenvalue weighted by Crippen LogP contribution is -2.25. The van der Waals surface area contributed by atoms with Crippen LogP contribution in [0.3, 0.4) is 0 Å². The number of aromatic amines is 1. The molecule has 0 spiro atoms. The number of rotatable bonds is 5. The summed E-state index contributed by atoms with van der Waals surface area (Å²) in [5.74, 6) is -1.24. The predicted octanol–water partition coefficient (Wildman–Crippen LogP) is 4.57. The van der Waals surface area contributed by atoms with Crippen molar-refractivity contribution in [1.29, 1.82) is 0 Å². The maximum absolute atomic E-state index is 12.6. The number of aryl methyl sites for hydroxylation is 1. The highest BCUT2D eigenvalue weighted by molar-refractivity contribution is 6.42. The Morgan fingerprint density at radius 2 is 1.76 bits per heavy atom. The van der Waals surface area contributed by atoms with Gasteiger partial charge >= 0.3 is 5.97 Å². The molecule has 0 amide bonds. The topological polar surface area (TPSA) is 76.2 Å². The van der Waals surface area contributed by atoms with E-state index in [1.54, 1.807) is 13.8 Å². The standard InChI is InChI=1S/C18H17Cl2NO4/c1-8-15(10(3)22)9(2)21-16(8)17(23)11(4)25-18(24)12-5-6-13(19)14(20)7-12/h5-7,11,21H,1-4H3/t11-/m0/s1. The van der Waals surface area contributed by atoms with Crippen molar-refractivity contribution < 1.29 is 19.1 Å². The van der Waals surface area contributed by atoms with E-state index in [1.165, 1.54) is 32.0 Å². The quantitative estimate of drug-likeness (QED) is 0.607. The van der Waals surface area contributed by atoms with Crippen LogP contribution in [0.5, 0.6) is 0 Å². The Balaban J connectivity index is 2.20. The molecule has 0 bridgehead atoms. The second-order valence-corrected chi connectivity index (χ2v) is 6.54. The van der Waals surface area contributed by atoms with E-state index in [2.05, 4.69) is 4.98 Å². The number of Topliss-reactive ketones (excluding diaryl/α,β-unsaturated/α-hetero) is 2. The third-order valence-electron chi connectivity index (χ3n) is 3.84. The monoisotopic (exact) mass is 381 g/mol. The third kappa shape index (κ3) is 3.94. The number of ether oxygens (including phenoxy) is 1. The minimum absolute atomic E-state index is 0.134. The van der Waals surface area contributed by atoms with Crippen molar-refractivity contribution in [3.63, 3.8) is 0 Å². The van der Waals surface area contributed by atoms with Crippen LogP contribution in [0, 0.1) is 13.8 Å². The fourth-order valence-corrected chi connectivity index (χ4v) is 2.93. The van der Waals surface area contributed by atoms with Crippen molar-refractivity contribution in [1.82, 2.24) is 4.98 Å². The maximum atomic E-state index is 12.6. The molecule has 0 aliphatic heterocycles. The summed E-state index contributed by atoms with van der Waals surface area (Å²) in [6, 6.07) is 4.32. The SMILES string of the molecule is CC(=O)c1c(C)[nH]c(C(=O)[C@H](C)OC(=O)c2ccc(Cl)c(Cl)c2)c1C. The first-order chi connectivity index (χ1) is 11.6. The number of ketones is 2. The first kappa shape index (κ1) is 19.2. The molecule has 1 N–H and O–H groups in total. The van der Waals surface area contributed by atoms with Gasteiger partial charge in [0.2, 0.25) is 5.78 Å². The molecule has 7 heteroatoms. The fraction of sp³-hybridized carbons (Fsp3) is 0.278. The summed E-state index contributed by atoms with van der Waals surface area (Å²) in [7, 11) is 0. The molecule has 2 rings (SSSR count). The number of aromatic nitrogens is 1. The van der Waals surface area contributed by atoms with E-state index in [0.717, 1.165) is 0 Å². The van der Waals surface area contributed by atoms with Crippen LogP contribution in [-0.4, -0.2) is 28.6 Å². The van der Waals surface area contributed by atoms with Gasteiger partial charge in [-0.3, -0.25) is 9.59 Å². The van der Waals surface area contributed by atoms with Gasteiger partial charge in [-0.15, -0.1) is 0 Å². The molecule has 0 saturated heterocycles. The van der Waals surface area contributed by atoms with Crippen molar-refractivity contribution >= 4 is 40.7 Å². The van der Waals surface area contributed by atoms with Crippen molar-refractivity contribution in [2.75, 3.05) is 0 Å². The van der Waals surface area contributed by atoms with Crippen LogP contribution >= 0.6 is 23.2 Å². The number of benzene rings is 1. The van der Waals surface area contributed by atoms with Crippen molar-refractivity contribution in [2.24, 2.45) is 0 Å². The fourth-order valence-electron chi connectivity index (χ4n) is 2.63. The van der Waals surface area contributed by atoms with Gasteiger partial charge in [0.05, 0.1) is 21.3 Å². The van der Waals surface area contributed by atoms with Gasteiger partial charge in [-0.2, -0.15) is 0 Å². The molecule has 0 fully saturated rings. The van der Waals surface area contributed by atoms with Crippen LogP contribution in [0.25, 0.3) is 0 Å². The molecule has 132 valence electrons. The third-order valence-corrected chi connectivity index (χ3v) is 4.58. The van der Waals surface area contributed by atoms with E-state index in [-0.39, 0.29) is 22.1 Å². The minimum atomic E-state index is -1.03. The molecule has 0 unspecified atom stereocenters. The Morgan fingerprint density at radius 3 is 2.28 bits per heavy atom. The molecule has 0 aliphatic carbocycles. The van der Waals surface area contributed by atoms with Gasteiger partial charge in [0.15, 0.2) is 11.9 Å². The van der Waals surface area contributed by atoms with Crippen molar-refractivity contribution in [2.45, 2.75) is 33.8 Å². The summed E-state index contributed by atoms with van der Waals surface area (Å²) >= 11 is 11.7. The molecular formula is C18H17Cl2NO4. The number of carbonyl (C=O) groups is 3. The lowest BCUT2D eigenvalue weighted by Gasteiger charge is -2.12. The van der Waals surface area contributed by atoms with Crippen LogP contribution < -0.4 is 0 Å². The summed E-state index contributed by atoms with van der Waals surface area (Å²) in [6.45, 7) is 6.31. The summed E-state index contributed by atoms with van der Waals surface area (Å²) in [5, 5.41) is 0.536. The van der Waals surface area contributed by atoms with Crippen LogP contribution in [0.1, 0.15) is 56.3 Å². The van der Waals surface area contributed by atoms with Crippen LogP contribution in [-0.2, 0) is 4.74 Å². The summed E-state index contributed by atoms with van der Waals surface area (Å²) in [6.07, 6.45) is -1.03.